The number of carbonyl (C=O) groups is 2. The largest absolute Gasteiger partial charge is 0.384 e. The summed E-state index contributed by atoms with van der Waals surface area (Å²) in [6.45, 7) is 4.21. The van der Waals surface area contributed by atoms with E-state index in [1.54, 1.807) is 24.1 Å². The number of hydrogen-bond acceptors (Lipinski definition) is 4. The first-order valence-electron chi connectivity index (χ1n) is 9.60. The molecule has 0 radical (unpaired) electrons. The average molecular weight is 377 g/mol. The third kappa shape index (κ3) is 4.47. The average Bonchev–Trinajstić information content (AvgIpc) is 2.94. The molecule has 2 aliphatic rings. The number of nitrogens with one attached hydrogen (secondary N) is 1. The summed E-state index contributed by atoms with van der Waals surface area (Å²) in [5.41, 5.74) is -0.120. The first-order chi connectivity index (χ1) is 13.1. The molecular weight excluding hydrogens is 349 g/mol. The van der Waals surface area contributed by atoms with Crippen molar-refractivity contribution in [3.05, 3.63) is 35.6 Å². The van der Waals surface area contributed by atoms with Crippen molar-refractivity contribution in [1.82, 2.24) is 15.1 Å². The maximum absolute atomic E-state index is 13.4. The van der Waals surface area contributed by atoms with Crippen LogP contribution in [0.4, 0.5) is 4.39 Å². The number of halogens is 1. The van der Waals surface area contributed by atoms with Crippen LogP contribution in [0.15, 0.2) is 24.3 Å². The van der Waals surface area contributed by atoms with Crippen molar-refractivity contribution in [3.63, 3.8) is 0 Å². The second kappa shape index (κ2) is 8.80. The summed E-state index contributed by atoms with van der Waals surface area (Å²) in [5, 5.41) is 3.30. The number of piperidine rings is 1. The molecule has 0 saturated carbocycles. The van der Waals surface area contributed by atoms with Crippen LogP contribution in [0.25, 0.3) is 0 Å². The molecule has 2 saturated heterocycles. The molecule has 2 aliphatic heterocycles. The van der Waals surface area contributed by atoms with E-state index < -0.39 is 11.2 Å². The normalized spacial score (nSPS) is 20.2. The van der Waals surface area contributed by atoms with Crippen LogP contribution in [0.1, 0.15) is 29.6 Å². The van der Waals surface area contributed by atoms with Crippen LogP contribution in [0.3, 0.4) is 0 Å². The SMILES string of the molecule is COCC1(C(=O)N2CCCN(C(=O)c3cccc(F)c3)CC2)CCNCC1. The van der Waals surface area contributed by atoms with E-state index in [4.69, 9.17) is 4.74 Å². The molecule has 0 atom stereocenters. The molecule has 0 spiro atoms. The lowest BCUT2D eigenvalue weighted by Crippen LogP contribution is -2.52. The van der Waals surface area contributed by atoms with E-state index in [1.807, 2.05) is 4.90 Å². The summed E-state index contributed by atoms with van der Waals surface area (Å²) in [4.78, 5) is 29.5. The molecule has 2 amide bonds. The molecule has 3 rings (SSSR count). The van der Waals surface area contributed by atoms with Crippen LogP contribution in [-0.2, 0) is 9.53 Å². The molecule has 27 heavy (non-hydrogen) atoms. The molecule has 0 bridgehead atoms. The molecule has 6 nitrogen and oxygen atoms in total. The fourth-order valence-electron chi connectivity index (χ4n) is 4.06. The Balaban J connectivity index is 1.67. The highest BCUT2D eigenvalue weighted by Crippen LogP contribution is 2.32. The van der Waals surface area contributed by atoms with E-state index >= 15 is 0 Å². The monoisotopic (exact) mass is 377 g/mol. The van der Waals surface area contributed by atoms with Gasteiger partial charge in [0.25, 0.3) is 5.91 Å². The molecule has 0 aliphatic carbocycles. The number of amides is 2. The summed E-state index contributed by atoms with van der Waals surface area (Å²) >= 11 is 0. The lowest BCUT2D eigenvalue weighted by Gasteiger charge is -2.39. The van der Waals surface area contributed by atoms with Crippen LogP contribution in [0, 0.1) is 11.2 Å². The van der Waals surface area contributed by atoms with Crippen LogP contribution in [0.2, 0.25) is 0 Å². The van der Waals surface area contributed by atoms with Crippen molar-refractivity contribution in [3.8, 4) is 0 Å². The number of benzene rings is 1. The maximum atomic E-state index is 13.4. The summed E-state index contributed by atoms with van der Waals surface area (Å²) in [5.74, 6) is -0.469. The van der Waals surface area contributed by atoms with Crippen LogP contribution in [0.5, 0.6) is 0 Å². The predicted molar refractivity (Wildman–Crippen MR) is 99.9 cm³/mol. The van der Waals surface area contributed by atoms with Gasteiger partial charge in [-0.1, -0.05) is 6.07 Å². The Kier molecular flexibility index (Phi) is 6.44. The lowest BCUT2D eigenvalue weighted by atomic mass is 9.78. The van der Waals surface area contributed by atoms with Crippen molar-refractivity contribution >= 4 is 11.8 Å². The highest BCUT2D eigenvalue weighted by Gasteiger charge is 2.42. The van der Waals surface area contributed by atoms with Gasteiger partial charge in [0.15, 0.2) is 0 Å². The van der Waals surface area contributed by atoms with Crippen LogP contribution in [-0.4, -0.2) is 74.6 Å². The van der Waals surface area contributed by atoms with Gasteiger partial charge in [0.2, 0.25) is 5.91 Å². The summed E-state index contributed by atoms with van der Waals surface area (Å²) < 4.78 is 18.8. The number of hydrogen-bond donors (Lipinski definition) is 1. The van der Waals surface area contributed by atoms with E-state index in [2.05, 4.69) is 5.32 Å². The Morgan fingerprint density at radius 3 is 2.56 bits per heavy atom. The zero-order valence-corrected chi connectivity index (χ0v) is 15.9. The molecule has 2 heterocycles. The van der Waals surface area contributed by atoms with Gasteiger partial charge in [-0.3, -0.25) is 9.59 Å². The standard InChI is InChI=1S/C20H28FN3O3/c1-27-15-20(6-8-22-9-7-20)19(26)24-11-3-10-23(12-13-24)18(25)16-4-2-5-17(21)14-16/h2,4-5,14,22H,3,6-13,15H2,1H3. The molecule has 148 valence electrons. The minimum Gasteiger partial charge on any atom is -0.384 e. The summed E-state index contributed by atoms with van der Waals surface area (Å²) in [6, 6.07) is 5.76. The molecule has 1 aromatic carbocycles. The minimum absolute atomic E-state index is 0.130. The van der Waals surface area contributed by atoms with Gasteiger partial charge in [0, 0.05) is 38.9 Å². The molecule has 1 aromatic rings. The number of nitrogens with zero attached hydrogens (tertiary/aromatic N) is 2. The third-order valence-electron chi connectivity index (χ3n) is 5.58. The van der Waals surface area contributed by atoms with Crippen molar-refractivity contribution in [2.75, 3.05) is 53.0 Å². The Morgan fingerprint density at radius 1 is 1.15 bits per heavy atom. The van der Waals surface area contributed by atoms with E-state index in [0.29, 0.717) is 44.8 Å². The third-order valence-corrected chi connectivity index (χ3v) is 5.58. The van der Waals surface area contributed by atoms with E-state index in [-0.39, 0.29) is 11.8 Å². The van der Waals surface area contributed by atoms with E-state index in [1.165, 1.54) is 12.1 Å². The quantitative estimate of drug-likeness (QED) is 0.864. The van der Waals surface area contributed by atoms with Gasteiger partial charge in [-0.15, -0.1) is 0 Å². The van der Waals surface area contributed by atoms with Gasteiger partial charge in [-0.05, 0) is 50.6 Å². The molecular formula is C20H28FN3O3. The van der Waals surface area contributed by atoms with Crippen molar-refractivity contribution < 1.29 is 18.7 Å². The molecule has 0 aromatic heterocycles. The minimum atomic E-state index is -0.470. The zero-order chi connectivity index (χ0) is 19.3. The van der Waals surface area contributed by atoms with Gasteiger partial charge in [-0.25, -0.2) is 4.39 Å². The number of rotatable bonds is 4. The lowest BCUT2D eigenvalue weighted by molar-refractivity contribution is -0.147. The van der Waals surface area contributed by atoms with Crippen LogP contribution >= 0.6 is 0 Å². The van der Waals surface area contributed by atoms with E-state index in [0.717, 1.165) is 25.9 Å². The number of methoxy groups -OCH3 is 1. The highest BCUT2D eigenvalue weighted by molar-refractivity contribution is 5.94. The Labute approximate surface area is 159 Å². The smallest absolute Gasteiger partial charge is 0.254 e. The fourth-order valence-corrected chi connectivity index (χ4v) is 4.06. The molecule has 2 fully saturated rings. The maximum Gasteiger partial charge on any atom is 0.254 e. The van der Waals surface area contributed by atoms with Crippen molar-refractivity contribution in [2.24, 2.45) is 5.41 Å². The predicted octanol–water partition coefficient (Wildman–Crippen LogP) is 1.52. The number of carbonyl (C=O) groups excluding carboxylic acids is 2. The van der Waals surface area contributed by atoms with Crippen molar-refractivity contribution in [2.45, 2.75) is 19.3 Å². The first kappa shape index (κ1) is 19.8. The second-order valence-electron chi connectivity index (χ2n) is 7.41. The molecule has 0 unspecified atom stereocenters. The Morgan fingerprint density at radius 2 is 1.85 bits per heavy atom. The van der Waals surface area contributed by atoms with Crippen LogP contribution < -0.4 is 5.32 Å². The summed E-state index contributed by atoms with van der Waals surface area (Å²) in [6.07, 6.45) is 2.25. The zero-order valence-electron chi connectivity index (χ0n) is 15.9. The Hall–Kier alpha value is -1.99. The van der Waals surface area contributed by atoms with Gasteiger partial charge < -0.3 is 19.9 Å². The van der Waals surface area contributed by atoms with Gasteiger partial charge in [0.05, 0.1) is 12.0 Å². The first-order valence-corrected chi connectivity index (χ1v) is 9.60. The van der Waals surface area contributed by atoms with Gasteiger partial charge >= 0.3 is 0 Å². The highest BCUT2D eigenvalue weighted by atomic mass is 19.1. The second-order valence-corrected chi connectivity index (χ2v) is 7.41. The Bertz CT molecular complexity index is 671. The van der Waals surface area contributed by atoms with Crippen molar-refractivity contribution in [1.29, 1.82) is 0 Å². The topological polar surface area (TPSA) is 61.9 Å². The molecule has 7 heteroatoms. The van der Waals surface area contributed by atoms with Gasteiger partial charge in [0.1, 0.15) is 5.82 Å². The van der Waals surface area contributed by atoms with Gasteiger partial charge in [-0.2, -0.15) is 0 Å². The van der Waals surface area contributed by atoms with E-state index in [9.17, 15) is 14.0 Å². The fraction of sp³-hybridized carbons (Fsp3) is 0.600. The molecule has 1 N–H and O–H groups in total. The summed E-state index contributed by atoms with van der Waals surface area (Å²) in [7, 11) is 1.64. The number of ether oxygens (including phenoxy) is 1.